The lowest BCUT2D eigenvalue weighted by atomic mass is 10.0. The summed E-state index contributed by atoms with van der Waals surface area (Å²) in [6, 6.07) is 21.1. The zero-order chi connectivity index (χ0) is 15.8. The standard InChI is InChI=1S/C20H14O3/c1-22-15-9-7-14-8-10-19-18(16(14)11-15)12-17(20(21)23-19)13-5-3-2-4-6-13/h2-12H,1H3. The van der Waals surface area contributed by atoms with Crippen LogP contribution in [0.5, 0.6) is 5.75 Å². The molecule has 0 aliphatic rings. The van der Waals surface area contributed by atoms with Crippen molar-refractivity contribution in [3.63, 3.8) is 0 Å². The van der Waals surface area contributed by atoms with Gasteiger partial charge in [0.05, 0.1) is 12.7 Å². The highest BCUT2D eigenvalue weighted by Gasteiger charge is 2.10. The Bertz CT molecular complexity index is 1060. The van der Waals surface area contributed by atoms with Crippen molar-refractivity contribution in [3.05, 3.63) is 77.2 Å². The Kier molecular flexibility index (Phi) is 3.12. The maximum absolute atomic E-state index is 12.3. The average Bonchev–Trinajstić information content (AvgIpc) is 2.61. The molecule has 0 saturated heterocycles. The zero-order valence-electron chi connectivity index (χ0n) is 12.6. The van der Waals surface area contributed by atoms with Crippen LogP contribution in [-0.4, -0.2) is 7.11 Å². The van der Waals surface area contributed by atoms with Crippen LogP contribution in [0.2, 0.25) is 0 Å². The monoisotopic (exact) mass is 302 g/mol. The summed E-state index contributed by atoms with van der Waals surface area (Å²) in [6.07, 6.45) is 0. The molecule has 1 aromatic heterocycles. The predicted molar refractivity (Wildman–Crippen MR) is 92.0 cm³/mol. The number of ether oxygens (including phenoxy) is 1. The van der Waals surface area contributed by atoms with Gasteiger partial charge in [-0.1, -0.05) is 42.5 Å². The normalized spacial score (nSPS) is 11.0. The molecule has 3 nitrogen and oxygen atoms in total. The number of hydrogen-bond acceptors (Lipinski definition) is 3. The molecule has 0 aliphatic carbocycles. The van der Waals surface area contributed by atoms with Crippen molar-refractivity contribution in [2.75, 3.05) is 7.11 Å². The molecular formula is C20H14O3. The van der Waals surface area contributed by atoms with E-state index in [0.717, 1.165) is 27.5 Å². The number of rotatable bonds is 2. The van der Waals surface area contributed by atoms with Gasteiger partial charge >= 0.3 is 5.63 Å². The van der Waals surface area contributed by atoms with Gasteiger partial charge in [0.15, 0.2) is 0 Å². The molecule has 4 rings (SSSR count). The van der Waals surface area contributed by atoms with Crippen molar-refractivity contribution in [3.8, 4) is 16.9 Å². The Hall–Kier alpha value is -3.07. The van der Waals surface area contributed by atoms with Gasteiger partial charge in [0, 0.05) is 5.39 Å². The van der Waals surface area contributed by atoms with E-state index >= 15 is 0 Å². The van der Waals surface area contributed by atoms with Gasteiger partial charge in [-0.2, -0.15) is 0 Å². The van der Waals surface area contributed by atoms with Crippen LogP contribution in [0.3, 0.4) is 0 Å². The summed E-state index contributed by atoms with van der Waals surface area (Å²) in [6.45, 7) is 0. The van der Waals surface area contributed by atoms with Crippen LogP contribution >= 0.6 is 0 Å². The van der Waals surface area contributed by atoms with Gasteiger partial charge < -0.3 is 9.15 Å². The summed E-state index contributed by atoms with van der Waals surface area (Å²) in [4.78, 5) is 12.3. The topological polar surface area (TPSA) is 39.4 Å². The maximum atomic E-state index is 12.3. The third kappa shape index (κ3) is 2.27. The molecule has 0 radical (unpaired) electrons. The van der Waals surface area contributed by atoms with Crippen LogP contribution in [0.15, 0.2) is 75.9 Å². The van der Waals surface area contributed by atoms with Gasteiger partial charge in [-0.3, -0.25) is 0 Å². The molecular weight excluding hydrogens is 288 g/mol. The van der Waals surface area contributed by atoms with Crippen molar-refractivity contribution in [2.45, 2.75) is 0 Å². The van der Waals surface area contributed by atoms with Gasteiger partial charge in [0.25, 0.3) is 0 Å². The second-order valence-electron chi connectivity index (χ2n) is 5.38. The number of methoxy groups -OCH3 is 1. The van der Waals surface area contributed by atoms with Crippen LogP contribution in [-0.2, 0) is 0 Å². The third-order valence-corrected chi connectivity index (χ3v) is 4.03. The number of fused-ring (bicyclic) bond motifs is 3. The number of hydrogen-bond donors (Lipinski definition) is 0. The minimum absolute atomic E-state index is 0.328. The molecule has 0 spiro atoms. The summed E-state index contributed by atoms with van der Waals surface area (Å²) < 4.78 is 10.8. The summed E-state index contributed by atoms with van der Waals surface area (Å²) >= 11 is 0. The van der Waals surface area contributed by atoms with Crippen molar-refractivity contribution >= 4 is 21.7 Å². The molecule has 0 amide bonds. The highest BCUT2D eigenvalue weighted by Crippen LogP contribution is 2.30. The second-order valence-corrected chi connectivity index (χ2v) is 5.38. The van der Waals surface area contributed by atoms with Crippen LogP contribution in [0.4, 0.5) is 0 Å². The van der Waals surface area contributed by atoms with E-state index in [4.69, 9.17) is 9.15 Å². The van der Waals surface area contributed by atoms with Gasteiger partial charge in [0.1, 0.15) is 11.3 Å². The SMILES string of the molecule is COc1ccc2ccc3oc(=O)c(-c4ccccc4)cc3c2c1. The quantitative estimate of drug-likeness (QED) is 0.400. The molecule has 0 N–H and O–H groups in total. The fraction of sp³-hybridized carbons (Fsp3) is 0.0500. The van der Waals surface area contributed by atoms with E-state index in [1.54, 1.807) is 7.11 Å². The number of benzene rings is 3. The Labute approximate surface area is 132 Å². The first kappa shape index (κ1) is 13.6. The third-order valence-electron chi connectivity index (χ3n) is 4.03. The van der Waals surface area contributed by atoms with E-state index < -0.39 is 0 Å². The summed E-state index contributed by atoms with van der Waals surface area (Å²) in [7, 11) is 1.64. The first-order valence-corrected chi connectivity index (χ1v) is 7.36. The van der Waals surface area contributed by atoms with E-state index in [2.05, 4.69) is 0 Å². The molecule has 23 heavy (non-hydrogen) atoms. The van der Waals surface area contributed by atoms with Crippen LogP contribution in [0.1, 0.15) is 0 Å². The van der Waals surface area contributed by atoms with E-state index in [-0.39, 0.29) is 5.63 Å². The molecule has 0 bridgehead atoms. The average molecular weight is 302 g/mol. The van der Waals surface area contributed by atoms with Gasteiger partial charge in [-0.05, 0) is 40.6 Å². The molecule has 112 valence electrons. The summed E-state index contributed by atoms with van der Waals surface area (Å²) in [5.41, 5.74) is 1.66. The van der Waals surface area contributed by atoms with E-state index in [1.165, 1.54) is 0 Å². The molecule has 4 aromatic rings. The Morgan fingerprint density at radius 3 is 2.43 bits per heavy atom. The van der Waals surface area contributed by atoms with Crippen molar-refractivity contribution in [2.24, 2.45) is 0 Å². The Balaban J connectivity index is 2.09. The summed E-state index contributed by atoms with van der Waals surface area (Å²) in [5, 5.41) is 2.98. The smallest absolute Gasteiger partial charge is 0.344 e. The molecule has 3 aromatic carbocycles. The highest BCUT2D eigenvalue weighted by molar-refractivity contribution is 6.07. The fourth-order valence-electron chi connectivity index (χ4n) is 2.84. The van der Waals surface area contributed by atoms with Gasteiger partial charge in [-0.15, -0.1) is 0 Å². The first-order chi connectivity index (χ1) is 11.3. The highest BCUT2D eigenvalue weighted by atomic mass is 16.5. The van der Waals surface area contributed by atoms with Crippen LogP contribution in [0, 0.1) is 0 Å². The van der Waals surface area contributed by atoms with Crippen LogP contribution in [0.25, 0.3) is 32.9 Å². The molecule has 0 unspecified atom stereocenters. The maximum Gasteiger partial charge on any atom is 0.344 e. The lowest BCUT2D eigenvalue weighted by Gasteiger charge is -2.07. The fourth-order valence-corrected chi connectivity index (χ4v) is 2.84. The minimum Gasteiger partial charge on any atom is -0.497 e. The van der Waals surface area contributed by atoms with Crippen molar-refractivity contribution < 1.29 is 9.15 Å². The van der Waals surface area contributed by atoms with Crippen molar-refractivity contribution in [1.82, 2.24) is 0 Å². The summed E-state index contributed by atoms with van der Waals surface area (Å²) in [5.74, 6) is 0.775. The Morgan fingerprint density at radius 1 is 0.870 bits per heavy atom. The first-order valence-electron chi connectivity index (χ1n) is 7.36. The second kappa shape index (κ2) is 5.29. The van der Waals surface area contributed by atoms with Gasteiger partial charge in [-0.25, -0.2) is 4.79 Å². The van der Waals surface area contributed by atoms with Gasteiger partial charge in [0.2, 0.25) is 0 Å². The zero-order valence-corrected chi connectivity index (χ0v) is 12.6. The lowest BCUT2D eigenvalue weighted by molar-refractivity contribution is 0.415. The molecule has 0 atom stereocenters. The molecule has 0 fully saturated rings. The van der Waals surface area contributed by atoms with E-state index in [0.29, 0.717) is 11.1 Å². The molecule has 0 saturated carbocycles. The van der Waals surface area contributed by atoms with Crippen LogP contribution < -0.4 is 10.4 Å². The molecule has 0 aliphatic heterocycles. The van der Waals surface area contributed by atoms with E-state index in [1.807, 2.05) is 66.7 Å². The predicted octanol–water partition coefficient (Wildman–Crippen LogP) is 4.62. The van der Waals surface area contributed by atoms with Crippen molar-refractivity contribution in [1.29, 1.82) is 0 Å². The largest absolute Gasteiger partial charge is 0.497 e. The molecule has 1 heterocycles. The lowest BCUT2D eigenvalue weighted by Crippen LogP contribution is -2.02. The Morgan fingerprint density at radius 2 is 1.65 bits per heavy atom. The minimum atomic E-state index is -0.328. The van der Waals surface area contributed by atoms with E-state index in [9.17, 15) is 4.79 Å². The molecule has 3 heteroatoms.